The summed E-state index contributed by atoms with van der Waals surface area (Å²) in [6.45, 7) is -3.22. The molecule has 0 bridgehead atoms. The molecule has 7 heteroatoms. The quantitative estimate of drug-likeness (QED) is 0.765. The Morgan fingerprint density at radius 2 is 2.12 bits per heavy atom. The molecule has 4 nitrogen and oxygen atoms in total. The SMILES string of the molecule is COC(=O)c1cc(C#N)c(F)cc1OC(F)F. The lowest BCUT2D eigenvalue weighted by Gasteiger charge is -2.09. The minimum absolute atomic E-state index is 0.439. The van der Waals surface area contributed by atoms with Gasteiger partial charge in [0.25, 0.3) is 0 Å². The van der Waals surface area contributed by atoms with Crippen molar-refractivity contribution in [3.8, 4) is 11.8 Å². The molecule has 0 aliphatic rings. The first kappa shape index (κ1) is 12.8. The molecule has 1 aromatic rings. The zero-order valence-electron chi connectivity index (χ0n) is 8.54. The van der Waals surface area contributed by atoms with Gasteiger partial charge in [-0.05, 0) is 6.07 Å². The van der Waals surface area contributed by atoms with Crippen molar-refractivity contribution in [2.75, 3.05) is 7.11 Å². The Hall–Kier alpha value is -2.23. The van der Waals surface area contributed by atoms with E-state index in [0.717, 1.165) is 13.2 Å². The summed E-state index contributed by atoms with van der Waals surface area (Å²) in [4.78, 5) is 11.2. The van der Waals surface area contributed by atoms with Gasteiger partial charge in [0.1, 0.15) is 23.2 Å². The maximum absolute atomic E-state index is 13.1. The smallest absolute Gasteiger partial charge is 0.387 e. The molecule has 0 unspecified atom stereocenters. The van der Waals surface area contributed by atoms with Crippen molar-refractivity contribution in [3.63, 3.8) is 0 Å². The third-order valence-electron chi connectivity index (χ3n) is 1.81. The lowest BCUT2D eigenvalue weighted by molar-refractivity contribution is -0.0505. The highest BCUT2D eigenvalue weighted by Gasteiger charge is 2.20. The van der Waals surface area contributed by atoms with Gasteiger partial charge in [0.2, 0.25) is 0 Å². The van der Waals surface area contributed by atoms with Gasteiger partial charge >= 0.3 is 12.6 Å². The van der Waals surface area contributed by atoms with E-state index in [1.54, 1.807) is 0 Å². The van der Waals surface area contributed by atoms with Gasteiger partial charge in [0.05, 0.1) is 12.7 Å². The normalized spacial score (nSPS) is 9.88. The number of carbonyl (C=O) groups excluding carboxylic acids is 1. The largest absolute Gasteiger partial charge is 0.465 e. The third kappa shape index (κ3) is 2.87. The third-order valence-corrected chi connectivity index (χ3v) is 1.81. The molecule has 0 atom stereocenters. The van der Waals surface area contributed by atoms with E-state index in [1.165, 1.54) is 6.07 Å². The zero-order valence-corrected chi connectivity index (χ0v) is 8.54. The summed E-state index contributed by atoms with van der Waals surface area (Å²) >= 11 is 0. The predicted molar refractivity (Wildman–Crippen MR) is 49.1 cm³/mol. The van der Waals surface area contributed by atoms with E-state index in [-0.39, 0.29) is 0 Å². The number of hydrogen-bond acceptors (Lipinski definition) is 4. The first-order valence-electron chi connectivity index (χ1n) is 4.26. The van der Waals surface area contributed by atoms with E-state index in [0.29, 0.717) is 6.07 Å². The molecule has 1 rings (SSSR count). The Morgan fingerprint density at radius 3 is 2.59 bits per heavy atom. The van der Waals surface area contributed by atoms with Crippen molar-refractivity contribution >= 4 is 5.97 Å². The van der Waals surface area contributed by atoms with E-state index >= 15 is 0 Å². The molecule has 0 saturated carbocycles. The van der Waals surface area contributed by atoms with E-state index in [1.807, 2.05) is 0 Å². The Bertz CT molecular complexity index is 482. The van der Waals surface area contributed by atoms with Crippen LogP contribution in [0.4, 0.5) is 13.2 Å². The van der Waals surface area contributed by atoms with Crippen molar-refractivity contribution in [1.82, 2.24) is 0 Å². The lowest BCUT2D eigenvalue weighted by atomic mass is 10.1. The fraction of sp³-hybridized carbons (Fsp3) is 0.200. The van der Waals surface area contributed by atoms with Crippen LogP contribution in [0.1, 0.15) is 15.9 Å². The zero-order chi connectivity index (χ0) is 13.0. The number of halogens is 3. The monoisotopic (exact) mass is 245 g/mol. The van der Waals surface area contributed by atoms with Crippen LogP contribution < -0.4 is 4.74 Å². The van der Waals surface area contributed by atoms with Gasteiger partial charge in [-0.25, -0.2) is 9.18 Å². The molecular formula is C10H6F3NO3. The highest BCUT2D eigenvalue weighted by atomic mass is 19.3. The molecule has 90 valence electrons. The number of methoxy groups -OCH3 is 1. The number of hydrogen-bond donors (Lipinski definition) is 0. The van der Waals surface area contributed by atoms with E-state index in [9.17, 15) is 18.0 Å². The lowest BCUT2D eigenvalue weighted by Crippen LogP contribution is -2.10. The fourth-order valence-electron chi connectivity index (χ4n) is 1.10. The topological polar surface area (TPSA) is 59.3 Å². The van der Waals surface area contributed by atoms with E-state index < -0.39 is 35.3 Å². The van der Waals surface area contributed by atoms with Crippen LogP contribution in [0.5, 0.6) is 5.75 Å². The molecule has 0 radical (unpaired) electrons. The van der Waals surface area contributed by atoms with Gasteiger partial charge in [-0.1, -0.05) is 0 Å². The summed E-state index contributed by atoms with van der Waals surface area (Å²) in [5.41, 5.74) is -0.905. The molecule has 0 spiro atoms. The molecular weight excluding hydrogens is 239 g/mol. The van der Waals surface area contributed by atoms with Crippen LogP contribution in [-0.2, 0) is 4.74 Å². The molecule has 1 aromatic carbocycles. The second-order valence-corrected chi connectivity index (χ2v) is 2.81. The molecule has 0 aliphatic carbocycles. The van der Waals surface area contributed by atoms with Gasteiger partial charge in [-0.2, -0.15) is 14.0 Å². The minimum atomic E-state index is -3.22. The van der Waals surface area contributed by atoms with Crippen molar-refractivity contribution in [2.45, 2.75) is 6.61 Å². The summed E-state index contributed by atoms with van der Waals surface area (Å²) in [6, 6.07) is 2.80. The number of nitrogens with zero attached hydrogens (tertiary/aromatic N) is 1. The second kappa shape index (κ2) is 5.21. The summed E-state index contributed by atoms with van der Waals surface area (Å²) in [7, 11) is 1.02. The Balaban J connectivity index is 3.32. The number of esters is 1. The number of rotatable bonds is 3. The number of alkyl halides is 2. The standard InChI is InChI=1S/C10H6F3NO3/c1-16-9(15)6-2-5(4-14)7(11)3-8(6)17-10(12)13/h2-3,10H,1H3. The molecule has 17 heavy (non-hydrogen) atoms. The number of benzene rings is 1. The van der Waals surface area contributed by atoms with E-state index in [4.69, 9.17) is 5.26 Å². The highest BCUT2D eigenvalue weighted by molar-refractivity contribution is 5.92. The summed E-state index contributed by atoms with van der Waals surface area (Å²) in [6.07, 6.45) is 0. The second-order valence-electron chi connectivity index (χ2n) is 2.81. The average molecular weight is 245 g/mol. The van der Waals surface area contributed by atoms with Gasteiger partial charge < -0.3 is 9.47 Å². The van der Waals surface area contributed by atoms with Crippen LogP contribution in [0.15, 0.2) is 12.1 Å². The van der Waals surface area contributed by atoms with Gasteiger partial charge in [-0.3, -0.25) is 0 Å². The summed E-state index contributed by atoms with van der Waals surface area (Å²) < 4.78 is 45.5. The predicted octanol–water partition coefficient (Wildman–Crippen LogP) is 2.09. The van der Waals surface area contributed by atoms with Crippen LogP contribution in [0.2, 0.25) is 0 Å². The maximum Gasteiger partial charge on any atom is 0.387 e. The van der Waals surface area contributed by atoms with Crippen LogP contribution in [-0.4, -0.2) is 19.7 Å². The van der Waals surface area contributed by atoms with Gasteiger partial charge in [0, 0.05) is 6.07 Å². The van der Waals surface area contributed by atoms with Crippen LogP contribution in [0.25, 0.3) is 0 Å². The maximum atomic E-state index is 13.1. The van der Waals surface area contributed by atoms with Crippen LogP contribution >= 0.6 is 0 Å². The van der Waals surface area contributed by atoms with Gasteiger partial charge in [-0.15, -0.1) is 0 Å². The minimum Gasteiger partial charge on any atom is -0.465 e. The van der Waals surface area contributed by atoms with Crippen molar-refractivity contribution in [3.05, 3.63) is 29.1 Å². The molecule has 0 saturated heterocycles. The number of carbonyl (C=O) groups is 1. The number of nitriles is 1. The summed E-state index contributed by atoms with van der Waals surface area (Å²) in [5.74, 6) is -2.74. The molecule has 0 amide bonds. The Morgan fingerprint density at radius 1 is 1.47 bits per heavy atom. The van der Waals surface area contributed by atoms with Crippen molar-refractivity contribution in [2.24, 2.45) is 0 Å². The highest BCUT2D eigenvalue weighted by Crippen LogP contribution is 2.25. The number of ether oxygens (including phenoxy) is 2. The fourth-order valence-corrected chi connectivity index (χ4v) is 1.10. The molecule has 0 aromatic heterocycles. The van der Waals surface area contributed by atoms with Gasteiger partial charge in [0.15, 0.2) is 0 Å². The van der Waals surface area contributed by atoms with Crippen molar-refractivity contribution < 1.29 is 27.4 Å². The van der Waals surface area contributed by atoms with Crippen molar-refractivity contribution in [1.29, 1.82) is 5.26 Å². The van der Waals surface area contributed by atoms with Crippen LogP contribution in [0, 0.1) is 17.1 Å². The summed E-state index contributed by atoms with van der Waals surface area (Å²) in [5, 5.41) is 8.54. The molecule has 0 fully saturated rings. The molecule has 0 aliphatic heterocycles. The van der Waals surface area contributed by atoms with Crippen LogP contribution in [0.3, 0.4) is 0 Å². The first-order valence-corrected chi connectivity index (χ1v) is 4.26. The average Bonchev–Trinajstić information content (AvgIpc) is 2.27. The molecule has 0 heterocycles. The first-order chi connectivity index (χ1) is 7.99. The Labute approximate surface area is 94.2 Å². The molecule has 0 N–H and O–H groups in total. The van der Waals surface area contributed by atoms with E-state index in [2.05, 4.69) is 9.47 Å². The Kier molecular flexibility index (Phi) is 3.93.